The normalized spacial score (nSPS) is 21.9. The van der Waals surface area contributed by atoms with Crippen LogP contribution in [0.3, 0.4) is 0 Å². The molecule has 14 heavy (non-hydrogen) atoms. The van der Waals surface area contributed by atoms with Crippen LogP contribution in [0.15, 0.2) is 0 Å². The van der Waals surface area contributed by atoms with Gasteiger partial charge in [-0.15, -0.1) is 10.2 Å². The van der Waals surface area contributed by atoms with Crippen LogP contribution in [-0.2, 0) is 0 Å². The summed E-state index contributed by atoms with van der Waals surface area (Å²) in [5.74, 6) is 0.629. The van der Waals surface area contributed by atoms with Crippen LogP contribution in [0.2, 0.25) is 0 Å². The van der Waals surface area contributed by atoms with E-state index >= 15 is 0 Å². The zero-order chi connectivity index (χ0) is 9.97. The molecule has 0 aromatic carbocycles. The summed E-state index contributed by atoms with van der Waals surface area (Å²) in [6.45, 7) is 4.35. The van der Waals surface area contributed by atoms with Gasteiger partial charge in [-0.05, 0) is 25.7 Å². The number of aromatic nitrogens is 2. The molecule has 1 aliphatic rings. The number of hydrogen-bond acceptors (Lipinski definition) is 5. The minimum absolute atomic E-state index is 0.299. The van der Waals surface area contributed by atoms with Gasteiger partial charge in [0.1, 0.15) is 5.01 Å². The van der Waals surface area contributed by atoms with E-state index in [1.165, 1.54) is 6.42 Å². The van der Waals surface area contributed by atoms with E-state index < -0.39 is 0 Å². The highest BCUT2D eigenvalue weighted by molar-refractivity contribution is 7.15. The number of aryl methyl sites for hydroxylation is 1. The molecule has 1 aliphatic heterocycles. The van der Waals surface area contributed by atoms with Crippen LogP contribution in [0, 0.1) is 12.8 Å². The predicted molar refractivity (Wildman–Crippen MR) is 56.7 cm³/mol. The maximum absolute atomic E-state index is 8.84. The zero-order valence-corrected chi connectivity index (χ0v) is 9.13. The third-order valence-electron chi connectivity index (χ3n) is 2.61. The van der Waals surface area contributed by atoms with Crippen LogP contribution in [0.25, 0.3) is 0 Å². The van der Waals surface area contributed by atoms with Crippen LogP contribution in [0.5, 0.6) is 0 Å². The van der Waals surface area contributed by atoms with Crippen molar-refractivity contribution in [1.29, 1.82) is 0 Å². The van der Waals surface area contributed by atoms with Crippen molar-refractivity contribution in [3.8, 4) is 0 Å². The Morgan fingerprint density at radius 1 is 1.57 bits per heavy atom. The number of anilines is 1. The quantitative estimate of drug-likeness (QED) is 0.815. The van der Waals surface area contributed by atoms with Crippen molar-refractivity contribution in [3.63, 3.8) is 0 Å². The average molecular weight is 213 g/mol. The predicted octanol–water partition coefficient (Wildman–Crippen LogP) is 1.06. The Bertz CT molecular complexity index is 302. The Balaban J connectivity index is 1.95. The molecule has 0 bridgehead atoms. The fourth-order valence-corrected chi connectivity index (χ4v) is 2.56. The van der Waals surface area contributed by atoms with Crippen molar-refractivity contribution >= 4 is 16.5 Å². The van der Waals surface area contributed by atoms with Gasteiger partial charge < -0.3 is 10.0 Å². The maximum atomic E-state index is 8.84. The summed E-state index contributed by atoms with van der Waals surface area (Å²) in [6, 6.07) is 0. The van der Waals surface area contributed by atoms with Gasteiger partial charge in [0.25, 0.3) is 0 Å². The molecule has 0 radical (unpaired) electrons. The largest absolute Gasteiger partial charge is 0.396 e. The first-order valence-electron chi connectivity index (χ1n) is 4.95. The first-order valence-corrected chi connectivity index (χ1v) is 5.77. The van der Waals surface area contributed by atoms with Crippen LogP contribution in [0.4, 0.5) is 5.13 Å². The molecule has 1 N–H and O–H groups in total. The third-order valence-corrected chi connectivity index (χ3v) is 3.51. The summed E-state index contributed by atoms with van der Waals surface area (Å²) in [6.07, 6.45) is 2.08. The molecule has 5 heteroatoms. The van der Waals surface area contributed by atoms with E-state index in [-0.39, 0.29) is 0 Å². The molecule has 1 atom stereocenters. The van der Waals surface area contributed by atoms with Crippen LogP contribution in [0.1, 0.15) is 17.8 Å². The Hall–Kier alpha value is -0.680. The lowest BCUT2D eigenvalue weighted by molar-refractivity contribution is 0.263. The highest BCUT2D eigenvalue weighted by Gasteiger charge is 2.24. The summed E-state index contributed by atoms with van der Waals surface area (Å²) in [4.78, 5) is 2.27. The maximum Gasteiger partial charge on any atom is 0.208 e. The van der Waals surface area contributed by atoms with Gasteiger partial charge in [-0.1, -0.05) is 11.3 Å². The van der Waals surface area contributed by atoms with Crippen molar-refractivity contribution in [3.05, 3.63) is 5.01 Å². The van der Waals surface area contributed by atoms with Gasteiger partial charge in [-0.3, -0.25) is 0 Å². The molecule has 78 valence electrons. The van der Waals surface area contributed by atoms with Gasteiger partial charge in [-0.2, -0.15) is 0 Å². The van der Waals surface area contributed by atoms with Crippen molar-refractivity contribution in [2.75, 3.05) is 24.6 Å². The summed E-state index contributed by atoms with van der Waals surface area (Å²) in [7, 11) is 0. The second-order valence-electron chi connectivity index (χ2n) is 3.72. The Morgan fingerprint density at radius 2 is 2.43 bits per heavy atom. The molecule has 0 spiro atoms. The lowest BCUT2D eigenvalue weighted by Crippen LogP contribution is -2.19. The topological polar surface area (TPSA) is 49.2 Å². The molecule has 1 fully saturated rings. The number of rotatable bonds is 3. The standard InChI is InChI=1S/C9H15N3OS/c1-7-10-11-9(14-7)12-4-2-8(6-12)3-5-13/h8,13H,2-6H2,1H3. The van der Waals surface area contributed by atoms with Gasteiger partial charge in [0.05, 0.1) is 0 Å². The van der Waals surface area contributed by atoms with E-state index in [2.05, 4.69) is 15.1 Å². The van der Waals surface area contributed by atoms with E-state index in [9.17, 15) is 0 Å². The first kappa shape index (κ1) is 9.86. The van der Waals surface area contributed by atoms with E-state index in [1.807, 2.05) is 6.92 Å². The van der Waals surface area contributed by atoms with Gasteiger partial charge >= 0.3 is 0 Å². The summed E-state index contributed by atoms with van der Waals surface area (Å²) >= 11 is 1.65. The molecule has 2 heterocycles. The first-order chi connectivity index (χ1) is 6.79. The highest BCUT2D eigenvalue weighted by Crippen LogP contribution is 2.27. The highest BCUT2D eigenvalue weighted by atomic mass is 32.1. The molecule has 1 aromatic heterocycles. The SMILES string of the molecule is Cc1nnc(N2CCC(CCO)C2)s1. The second kappa shape index (κ2) is 4.23. The molecule has 1 saturated heterocycles. The van der Waals surface area contributed by atoms with E-state index in [1.54, 1.807) is 11.3 Å². The molecular formula is C9H15N3OS. The molecule has 0 aliphatic carbocycles. The lowest BCUT2D eigenvalue weighted by atomic mass is 10.1. The van der Waals surface area contributed by atoms with Crippen LogP contribution in [-0.4, -0.2) is 35.0 Å². The van der Waals surface area contributed by atoms with Crippen molar-refractivity contribution < 1.29 is 5.11 Å². The number of nitrogens with zero attached hydrogens (tertiary/aromatic N) is 3. The van der Waals surface area contributed by atoms with Crippen molar-refractivity contribution in [2.45, 2.75) is 19.8 Å². The third kappa shape index (κ3) is 2.04. The average Bonchev–Trinajstić information content (AvgIpc) is 2.74. The second-order valence-corrected chi connectivity index (χ2v) is 4.88. The molecule has 0 saturated carbocycles. The molecule has 0 amide bonds. The number of hydrogen-bond donors (Lipinski definition) is 1. The summed E-state index contributed by atoms with van der Waals surface area (Å²) < 4.78 is 0. The van der Waals surface area contributed by atoms with Crippen LogP contribution >= 0.6 is 11.3 Å². The molecule has 2 rings (SSSR count). The summed E-state index contributed by atoms with van der Waals surface area (Å²) in [5, 5.41) is 19.0. The van der Waals surface area contributed by atoms with E-state index in [0.717, 1.165) is 29.6 Å². The van der Waals surface area contributed by atoms with Crippen molar-refractivity contribution in [2.24, 2.45) is 5.92 Å². The van der Waals surface area contributed by atoms with Gasteiger partial charge in [0.2, 0.25) is 5.13 Å². The number of aliphatic hydroxyl groups excluding tert-OH is 1. The van der Waals surface area contributed by atoms with Crippen LogP contribution < -0.4 is 4.90 Å². The Labute approximate surface area is 87.6 Å². The minimum atomic E-state index is 0.299. The fourth-order valence-electron chi connectivity index (χ4n) is 1.84. The monoisotopic (exact) mass is 213 g/mol. The van der Waals surface area contributed by atoms with Crippen molar-refractivity contribution in [1.82, 2.24) is 10.2 Å². The fraction of sp³-hybridized carbons (Fsp3) is 0.778. The molecular weight excluding hydrogens is 198 g/mol. The van der Waals surface area contributed by atoms with E-state index in [0.29, 0.717) is 12.5 Å². The summed E-state index contributed by atoms with van der Waals surface area (Å²) in [5.41, 5.74) is 0. The smallest absolute Gasteiger partial charge is 0.208 e. The molecule has 1 unspecified atom stereocenters. The molecule has 1 aromatic rings. The van der Waals surface area contributed by atoms with Gasteiger partial charge in [-0.25, -0.2) is 0 Å². The van der Waals surface area contributed by atoms with Gasteiger partial charge in [0.15, 0.2) is 0 Å². The lowest BCUT2D eigenvalue weighted by Gasteiger charge is -2.13. The van der Waals surface area contributed by atoms with E-state index in [4.69, 9.17) is 5.11 Å². The Morgan fingerprint density at radius 3 is 3.07 bits per heavy atom. The molecule has 4 nitrogen and oxygen atoms in total. The van der Waals surface area contributed by atoms with Gasteiger partial charge in [0, 0.05) is 19.7 Å². The zero-order valence-electron chi connectivity index (χ0n) is 8.31. The number of aliphatic hydroxyl groups is 1. The minimum Gasteiger partial charge on any atom is -0.396 e. The Kier molecular flexibility index (Phi) is 2.98.